The Morgan fingerprint density at radius 3 is 2.62 bits per heavy atom. The second-order valence-corrected chi connectivity index (χ2v) is 5.95. The van der Waals surface area contributed by atoms with Gasteiger partial charge in [0.1, 0.15) is 5.76 Å². The van der Waals surface area contributed by atoms with Crippen LogP contribution in [0.2, 0.25) is 0 Å². The van der Waals surface area contributed by atoms with Crippen LogP contribution in [0.4, 0.5) is 0 Å². The van der Waals surface area contributed by atoms with Crippen LogP contribution >= 0.6 is 0 Å². The quantitative estimate of drug-likeness (QED) is 0.652. The van der Waals surface area contributed by atoms with Crippen molar-refractivity contribution >= 4 is 17.7 Å². The van der Waals surface area contributed by atoms with Crippen molar-refractivity contribution in [3.63, 3.8) is 0 Å². The summed E-state index contributed by atoms with van der Waals surface area (Å²) in [5.74, 6) is -0.757. The molecule has 0 fully saturated rings. The number of hydrogen-bond acceptors (Lipinski definition) is 4. The average Bonchev–Trinajstić information content (AvgIpc) is 3.17. The highest BCUT2D eigenvalue weighted by Crippen LogP contribution is 2.06. The molecule has 3 amide bonds. The van der Waals surface area contributed by atoms with Crippen LogP contribution in [0.15, 0.2) is 47.1 Å². The molecule has 0 saturated heterocycles. The monoisotopic (exact) mass is 357 g/mol. The molecular weight excluding hydrogens is 334 g/mol. The van der Waals surface area contributed by atoms with Crippen LogP contribution in [-0.2, 0) is 22.6 Å². The zero-order valence-electron chi connectivity index (χ0n) is 14.9. The van der Waals surface area contributed by atoms with Crippen LogP contribution in [0.5, 0.6) is 0 Å². The summed E-state index contributed by atoms with van der Waals surface area (Å²) in [7, 11) is 1.55. The van der Waals surface area contributed by atoms with Crippen molar-refractivity contribution in [3.05, 3.63) is 59.5 Å². The summed E-state index contributed by atoms with van der Waals surface area (Å²) in [6.45, 7) is 2.00. The molecule has 1 aromatic heterocycles. The minimum atomic E-state index is -0.708. The molecule has 1 heterocycles. The number of aryl methyl sites for hydroxylation is 1. The third kappa shape index (κ3) is 5.77. The molecule has 138 valence electrons. The molecule has 26 heavy (non-hydrogen) atoms. The predicted octanol–water partition coefficient (Wildman–Crippen LogP) is 1.39. The Kier molecular flexibility index (Phi) is 6.96. The molecule has 7 heteroatoms. The minimum Gasteiger partial charge on any atom is -0.469 e. The Morgan fingerprint density at radius 2 is 1.92 bits per heavy atom. The maximum atomic E-state index is 11.9. The number of amides is 3. The van der Waals surface area contributed by atoms with Gasteiger partial charge in [0.2, 0.25) is 0 Å². The van der Waals surface area contributed by atoms with E-state index in [1.54, 1.807) is 37.6 Å². The van der Waals surface area contributed by atoms with Gasteiger partial charge in [0, 0.05) is 31.6 Å². The fourth-order valence-electron chi connectivity index (χ4n) is 2.40. The van der Waals surface area contributed by atoms with Crippen molar-refractivity contribution in [1.29, 1.82) is 0 Å². The van der Waals surface area contributed by atoms with E-state index in [4.69, 9.17) is 4.42 Å². The first-order valence-electron chi connectivity index (χ1n) is 8.41. The van der Waals surface area contributed by atoms with E-state index in [9.17, 15) is 14.4 Å². The van der Waals surface area contributed by atoms with Crippen LogP contribution in [0.25, 0.3) is 0 Å². The van der Waals surface area contributed by atoms with Crippen molar-refractivity contribution < 1.29 is 18.8 Å². The molecule has 1 unspecified atom stereocenters. The van der Waals surface area contributed by atoms with Crippen LogP contribution in [0.1, 0.15) is 35.0 Å². The number of carbonyl (C=O) groups excluding carboxylic acids is 3. The van der Waals surface area contributed by atoms with E-state index in [2.05, 4.69) is 16.0 Å². The zero-order valence-corrected chi connectivity index (χ0v) is 14.9. The lowest BCUT2D eigenvalue weighted by atomic mass is 10.1. The van der Waals surface area contributed by atoms with Crippen LogP contribution in [0.3, 0.4) is 0 Å². The second kappa shape index (κ2) is 9.41. The van der Waals surface area contributed by atoms with Gasteiger partial charge < -0.3 is 20.4 Å². The van der Waals surface area contributed by atoms with Crippen molar-refractivity contribution in [1.82, 2.24) is 16.0 Å². The SMILES string of the molecule is CNC(=O)c1cccc(CNC(=O)C(=O)NC(C)CCc2ccco2)c1. The van der Waals surface area contributed by atoms with Crippen LogP contribution < -0.4 is 16.0 Å². The van der Waals surface area contributed by atoms with Gasteiger partial charge in [0.25, 0.3) is 5.91 Å². The van der Waals surface area contributed by atoms with E-state index in [0.717, 1.165) is 11.3 Å². The Balaban J connectivity index is 1.78. The molecule has 2 rings (SSSR count). The summed E-state index contributed by atoms with van der Waals surface area (Å²) in [6.07, 6.45) is 2.95. The third-order valence-electron chi connectivity index (χ3n) is 3.86. The van der Waals surface area contributed by atoms with Gasteiger partial charge in [-0.25, -0.2) is 0 Å². The lowest BCUT2D eigenvalue weighted by Crippen LogP contribution is -2.43. The first-order valence-corrected chi connectivity index (χ1v) is 8.41. The maximum absolute atomic E-state index is 11.9. The lowest BCUT2D eigenvalue weighted by molar-refractivity contribution is -0.139. The van der Waals surface area contributed by atoms with Gasteiger partial charge in [-0.05, 0) is 43.2 Å². The number of hydrogen-bond donors (Lipinski definition) is 3. The van der Waals surface area contributed by atoms with Crippen molar-refractivity contribution in [2.75, 3.05) is 7.05 Å². The molecule has 3 N–H and O–H groups in total. The molecule has 0 bridgehead atoms. The van der Waals surface area contributed by atoms with Crippen LogP contribution in [-0.4, -0.2) is 30.8 Å². The molecule has 0 aliphatic carbocycles. The standard InChI is InChI=1S/C19H23N3O4/c1-13(8-9-16-7-4-10-26-16)22-19(25)18(24)21-12-14-5-3-6-15(11-14)17(23)20-2/h3-7,10-11,13H,8-9,12H2,1-2H3,(H,20,23)(H,21,24)(H,22,25). The van der Waals surface area contributed by atoms with Gasteiger partial charge in [-0.2, -0.15) is 0 Å². The first kappa shape index (κ1) is 19.2. The number of benzene rings is 1. The fourth-order valence-corrected chi connectivity index (χ4v) is 2.40. The molecule has 1 aromatic carbocycles. The smallest absolute Gasteiger partial charge is 0.309 e. The fraction of sp³-hybridized carbons (Fsp3) is 0.316. The summed E-state index contributed by atoms with van der Waals surface area (Å²) in [5, 5.41) is 7.76. The molecule has 0 aliphatic rings. The lowest BCUT2D eigenvalue weighted by Gasteiger charge is -2.13. The molecule has 0 saturated carbocycles. The normalized spacial score (nSPS) is 11.5. The molecular formula is C19H23N3O4. The molecule has 0 aliphatic heterocycles. The summed E-state index contributed by atoms with van der Waals surface area (Å²) in [4.78, 5) is 35.5. The average molecular weight is 357 g/mol. The van der Waals surface area contributed by atoms with Crippen molar-refractivity contribution in [2.45, 2.75) is 32.4 Å². The molecule has 0 radical (unpaired) electrons. The Morgan fingerprint density at radius 1 is 1.12 bits per heavy atom. The molecule has 7 nitrogen and oxygen atoms in total. The Hall–Kier alpha value is -3.09. The molecule has 0 spiro atoms. The Labute approximate surface area is 152 Å². The predicted molar refractivity (Wildman–Crippen MR) is 96.3 cm³/mol. The van der Waals surface area contributed by atoms with Gasteiger partial charge in [0.05, 0.1) is 6.26 Å². The van der Waals surface area contributed by atoms with E-state index in [1.807, 2.05) is 19.1 Å². The Bertz CT molecular complexity index is 756. The van der Waals surface area contributed by atoms with Gasteiger partial charge in [0.15, 0.2) is 0 Å². The highest BCUT2D eigenvalue weighted by atomic mass is 16.3. The number of furan rings is 1. The van der Waals surface area contributed by atoms with Crippen molar-refractivity contribution in [2.24, 2.45) is 0 Å². The van der Waals surface area contributed by atoms with Gasteiger partial charge in [-0.1, -0.05) is 12.1 Å². The third-order valence-corrected chi connectivity index (χ3v) is 3.86. The van der Waals surface area contributed by atoms with Gasteiger partial charge in [-0.3, -0.25) is 14.4 Å². The maximum Gasteiger partial charge on any atom is 0.309 e. The van der Waals surface area contributed by atoms with Crippen LogP contribution in [0, 0.1) is 0 Å². The minimum absolute atomic E-state index is 0.157. The van der Waals surface area contributed by atoms with E-state index in [0.29, 0.717) is 18.4 Å². The largest absolute Gasteiger partial charge is 0.469 e. The van der Waals surface area contributed by atoms with Crippen molar-refractivity contribution in [3.8, 4) is 0 Å². The van der Waals surface area contributed by atoms with Gasteiger partial charge >= 0.3 is 11.8 Å². The number of carbonyl (C=O) groups is 3. The number of rotatable bonds is 7. The summed E-state index contributed by atoms with van der Waals surface area (Å²) in [5.41, 5.74) is 1.23. The summed E-state index contributed by atoms with van der Waals surface area (Å²) >= 11 is 0. The van der Waals surface area contributed by atoms with E-state index in [1.165, 1.54) is 0 Å². The highest BCUT2D eigenvalue weighted by Gasteiger charge is 2.16. The van der Waals surface area contributed by atoms with E-state index < -0.39 is 11.8 Å². The van der Waals surface area contributed by atoms with E-state index in [-0.39, 0.29) is 18.5 Å². The van der Waals surface area contributed by atoms with Gasteiger partial charge in [-0.15, -0.1) is 0 Å². The zero-order chi connectivity index (χ0) is 18.9. The highest BCUT2D eigenvalue weighted by molar-refractivity contribution is 6.35. The molecule has 2 aromatic rings. The second-order valence-electron chi connectivity index (χ2n) is 5.95. The summed E-state index contributed by atoms with van der Waals surface area (Å²) < 4.78 is 5.24. The van der Waals surface area contributed by atoms with E-state index >= 15 is 0 Å². The summed E-state index contributed by atoms with van der Waals surface area (Å²) in [6, 6.07) is 10.4. The number of nitrogens with one attached hydrogen (secondary N) is 3. The first-order chi connectivity index (χ1) is 12.5. The molecule has 1 atom stereocenters. The topological polar surface area (TPSA) is 100 Å².